The van der Waals surface area contributed by atoms with Crippen molar-refractivity contribution in [3.8, 4) is 0 Å². The van der Waals surface area contributed by atoms with Gasteiger partial charge in [0.2, 0.25) is 0 Å². The maximum absolute atomic E-state index is 11.7. The highest BCUT2D eigenvalue weighted by Gasteiger charge is 2.18. The van der Waals surface area contributed by atoms with Crippen LogP contribution in [0, 0.1) is 0 Å². The maximum atomic E-state index is 11.7. The van der Waals surface area contributed by atoms with E-state index in [-0.39, 0.29) is 6.61 Å². The molecule has 16 heavy (non-hydrogen) atoms. The smallest absolute Gasteiger partial charge is 0.338 e. The fraction of sp³-hybridized carbons (Fsp3) is 0.417. The van der Waals surface area contributed by atoms with E-state index in [0.29, 0.717) is 16.8 Å². The molecule has 0 saturated carbocycles. The Morgan fingerprint density at radius 2 is 2.06 bits per heavy atom. The van der Waals surface area contributed by atoms with Gasteiger partial charge in [-0.05, 0) is 39.0 Å². The molecule has 0 unspecified atom stereocenters. The number of rotatable bonds is 2. The van der Waals surface area contributed by atoms with Crippen LogP contribution in [0.4, 0.5) is 5.69 Å². The lowest BCUT2D eigenvalue weighted by molar-refractivity contribution is 0.00694. The minimum Gasteiger partial charge on any atom is -0.456 e. The second-order valence-corrected chi connectivity index (χ2v) is 4.57. The van der Waals surface area contributed by atoms with Gasteiger partial charge in [0.1, 0.15) is 5.60 Å². The van der Waals surface area contributed by atoms with Crippen LogP contribution in [0.15, 0.2) is 18.2 Å². The Labute approximate surface area is 95.0 Å². The molecule has 0 fully saturated rings. The van der Waals surface area contributed by atoms with Crippen LogP contribution in [0.25, 0.3) is 0 Å². The van der Waals surface area contributed by atoms with Gasteiger partial charge in [-0.3, -0.25) is 0 Å². The highest BCUT2D eigenvalue weighted by Crippen LogP contribution is 2.17. The number of ether oxygens (including phenoxy) is 1. The summed E-state index contributed by atoms with van der Waals surface area (Å²) in [5.41, 5.74) is 6.48. The van der Waals surface area contributed by atoms with E-state index in [2.05, 4.69) is 0 Å². The van der Waals surface area contributed by atoms with Gasteiger partial charge in [-0.2, -0.15) is 0 Å². The van der Waals surface area contributed by atoms with Gasteiger partial charge in [-0.15, -0.1) is 0 Å². The number of benzene rings is 1. The van der Waals surface area contributed by atoms with E-state index in [4.69, 9.17) is 15.6 Å². The zero-order chi connectivity index (χ0) is 12.3. The number of nitrogens with two attached hydrogens (primary N) is 1. The molecule has 0 bridgehead atoms. The fourth-order valence-electron chi connectivity index (χ4n) is 1.21. The first kappa shape index (κ1) is 12.5. The Morgan fingerprint density at radius 3 is 2.56 bits per heavy atom. The number of hydrogen-bond donors (Lipinski definition) is 2. The number of carbonyl (C=O) groups excluding carboxylic acids is 1. The van der Waals surface area contributed by atoms with E-state index in [1.807, 2.05) is 0 Å². The number of anilines is 1. The van der Waals surface area contributed by atoms with Gasteiger partial charge in [0.15, 0.2) is 0 Å². The highest BCUT2D eigenvalue weighted by atomic mass is 16.6. The molecule has 0 aliphatic rings. The van der Waals surface area contributed by atoms with Crippen molar-refractivity contribution in [1.82, 2.24) is 0 Å². The molecule has 1 aromatic rings. The van der Waals surface area contributed by atoms with Crippen molar-refractivity contribution in [3.63, 3.8) is 0 Å². The van der Waals surface area contributed by atoms with E-state index in [0.717, 1.165) is 0 Å². The second-order valence-electron chi connectivity index (χ2n) is 4.57. The normalized spacial score (nSPS) is 11.2. The summed E-state index contributed by atoms with van der Waals surface area (Å²) in [4.78, 5) is 11.7. The van der Waals surface area contributed by atoms with Gasteiger partial charge >= 0.3 is 5.97 Å². The summed E-state index contributed by atoms with van der Waals surface area (Å²) in [6.07, 6.45) is 0. The van der Waals surface area contributed by atoms with Gasteiger partial charge in [0.05, 0.1) is 12.2 Å². The standard InChI is InChI=1S/C12H17NO3/c1-12(2,3)16-11(15)8-4-5-10(13)9(6-8)7-14/h4-6,14H,7,13H2,1-3H3. The van der Waals surface area contributed by atoms with Crippen molar-refractivity contribution in [2.75, 3.05) is 5.73 Å². The van der Waals surface area contributed by atoms with E-state index in [1.165, 1.54) is 0 Å². The third kappa shape index (κ3) is 3.24. The number of esters is 1. The van der Waals surface area contributed by atoms with E-state index in [1.54, 1.807) is 39.0 Å². The lowest BCUT2D eigenvalue weighted by atomic mass is 10.1. The number of aliphatic hydroxyl groups is 1. The average molecular weight is 223 g/mol. The van der Waals surface area contributed by atoms with Gasteiger partial charge < -0.3 is 15.6 Å². The van der Waals surface area contributed by atoms with Crippen molar-refractivity contribution in [2.24, 2.45) is 0 Å². The molecule has 0 heterocycles. The Bertz CT molecular complexity index is 394. The zero-order valence-corrected chi connectivity index (χ0v) is 9.78. The van der Waals surface area contributed by atoms with Gasteiger partial charge in [0.25, 0.3) is 0 Å². The van der Waals surface area contributed by atoms with E-state index < -0.39 is 11.6 Å². The first-order chi connectivity index (χ1) is 7.33. The Hall–Kier alpha value is -1.55. The predicted molar refractivity (Wildman–Crippen MR) is 61.9 cm³/mol. The molecular weight excluding hydrogens is 206 g/mol. The molecule has 4 heteroatoms. The van der Waals surface area contributed by atoms with Crippen molar-refractivity contribution in [1.29, 1.82) is 0 Å². The van der Waals surface area contributed by atoms with Crippen molar-refractivity contribution in [3.05, 3.63) is 29.3 Å². The first-order valence-corrected chi connectivity index (χ1v) is 5.06. The average Bonchev–Trinajstić information content (AvgIpc) is 2.15. The molecule has 1 aromatic carbocycles. The third-order valence-electron chi connectivity index (χ3n) is 1.95. The van der Waals surface area contributed by atoms with Crippen molar-refractivity contribution < 1.29 is 14.6 Å². The largest absolute Gasteiger partial charge is 0.456 e. The lowest BCUT2D eigenvalue weighted by Crippen LogP contribution is -2.24. The summed E-state index contributed by atoms with van der Waals surface area (Å²) >= 11 is 0. The molecule has 0 aliphatic carbocycles. The highest BCUT2D eigenvalue weighted by molar-refractivity contribution is 5.90. The van der Waals surface area contributed by atoms with E-state index in [9.17, 15) is 4.79 Å². The molecule has 0 atom stereocenters. The number of aliphatic hydroxyl groups excluding tert-OH is 1. The quantitative estimate of drug-likeness (QED) is 0.591. The van der Waals surface area contributed by atoms with Crippen LogP contribution in [-0.4, -0.2) is 16.7 Å². The molecule has 0 aliphatic heterocycles. The summed E-state index contributed by atoms with van der Waals surface area (Å²) in [6, 6.07) is 4.72. The van der Waals surface area contributed by atoms with Crippen LogP contribution >= 0.6 is 0 Å². The van der Waals surface area contributed by atoms with Gasteiger partial charge in [-0.1, -0.05) is 0 Å². The molecule has 0 saturated heterocycles. The van der Waals surface area contributed by atoms with E-state index >= 15 is 0 Å². The summed E-state index contributed by atoms with van der Waals surface area (Å²) in [5.74, 6) is -0.415. The maximum Gasteiger partial charge on any atom is 0.338 e. The number of nitrogen functional groups attached to an aromatic ring is 1. The minimum atomic E-state index is -0.530. The third-order valence-corrected chi connectivity index (χ3v) is 1.95. The minimum absolute atomic E-state index is 0.192. The van der Waals surface area contributed by atoms with Crippen LogP contribution in [-0.2, 0) is 11.3 Å². The second kappa shape index (κ2) is 4.53. The number of carbonyl (C=O) groups is 1. The molecule has 1 rings (SSSR count). The summed E-state index contributed by atoms with van der Waals surface area (Å²) in [5, 5.41) is 9.03. The SMILES string of the molecule is CC(C)(C)OC(=O)c1ccc(N)c(CO)c1. The monoisotopic (exact) mass is 223 g/mol. The van der Waals surface area contributed by atoms with Crippen molar-refractivity contribution in [2.45, 2.75) is 33.0 Å². The lowest BCUT2D eigenvalue weighted by Gasteiger charge is -2.19. The first-order valence-electron chi connectivity index (χ1n) is 5.06. The molecule has 0 aromatic heterocycles. The molecule has 4 nitrogen and oxygen atoms in total. The van der Waals surface area contributed by atoms with Gasteiger partial charge in [-0.25, -0.2) is 4.79 Å². The molecule has 0 radical (unpaired) electrons. The summed E-state index contributed by atoms with van der Waals surface area (Å²) in [7, 11) is 0. The van der Waals surface area contributed by atoms with Crippen LogP contribution in [0.5, 0.6) is 0 Å². The molecule has 0 spiro atoms. The van der Waals surface area contributed by atoms with Crippen LogP contribution in [0.1, 0.15) is 36.7 Å². The Morgan fingerprint density at radius 1 is 1.44 bits per heavy atom. The topological polar surface area (TPSA) is 72.5 Å². The summed E-state index contributed by atoms with van der Waals surface area (Å²) in [6.45, 7) is 5.21. The molecule has 0 amide bonds. The predicted octanol–water partition coefficient (Wildman–Crippen LogP) is 1.72. The zero-order valence-electron chi connectivity index (χ0n) is 9.78. The summed E-state index contributed by atoms with van der Waals surface area (Å²) < 4.78 is 5.20. The van der Waals surface area contributed by atoms with Crippen molar-refractivity contribution >= 4 is 11.7 Å². The Kier molecular flexibility index (Phi) is 3.55. The molecule has 3 N–H and O–H groups in total. The molecular formula is C12H17NO3. The fourth-order valence-corrected chi connectivity index (χ4v) is 1.21. The Balaban J connectivity index is 2.93. The van der Waals surface area contributed by atoms with Gasteiger partial charge in [0, 0.05) is 11.3 Å². The number of hydrogen-bond acceptors (Lipinski definition) is 4. The van der Waals surface area contributed by atoms with Crippen LogP contribution < -0.4 is 5.73 Å². The molecule has 88 valence electrons. The van der Waals surface area contributed by atoms with Crippen LogP contribution in [0.2, 0.25) is 0 Å². The van der Waals surface area contributed by atoms with Crippen LogP contribution in [0.3, 0.4) is 0 Å².